The molecule has 37 heavy (non-hydrogen) atoms. The number of anilines is 1. The molecule has 8 nitrogen and oxygen atoms in total. The van der Waals surface area contributed by atoms with Crippen LogP contribution < -0.4 is 4.90 Å². The van der Waals surface area contributed by atoms with E-state index < -0.39 is 5.60 Å². The summed E-state index contributed by atoms with van der Waals surface area (Å²) in [5.41, 5.74) is 3.30. The summed E-state index contributed by atoms with van der Waals surface area (Å²) < 4.78 is 5.47. The normalized spacial score (nSPS) is 17.4. The first-order valence-electron chi connectivity index (χ1n) is 12.9. The molecular weight excluding hydrogens is 490 g/mol. The molecule has 0 bridgehead atoms. The van der Waals surface area contributed by atoms with Crippen molar-refractivity contribution in [3.63, 3.8) is 0 Å². The smallest absolute Gasteiger partial charge is 0.410 e. The number of hydrogen-bond acceptors (Lipinski definition) is 5. The Morgan fingerprint density at radius 3 is 2.35 bits per heavy atom. The fraction of sp³-hybridized carbons (Fsp3) is 0.464. The Hall–Kier alpha value is -3.26. The number of ether oxygens (including phenoxy) is 1. The van der Waals surface area contributed by atoms with Gasteiger partial charge in [-0.2, -0.15) is 0 Å². The number of para-hydroxylation sites is 2. The van der Waals surface area contributed by atoms with Crippen LogP contribution in [0.2, 0.25) is 5.02 Å². The molecule has 2 amide bonds. The monoisotopic (exact) mass is 523 g/mol. The zero-order chi connectivity index (χ0) is 26.2. The van der Waals surface area contributed by atoms with Gasteiger partial charge in [0.15, 0.2) is 0 Å². The zero-order valence-electron chi connectivity index (χ0n) is 21.7. The summed E-state index contributed by atoms with van der Waals surface area (Å²) in [6.07, 6.45) is 1.06. The lowest BCUT2D eigenvalue weighted by Gasteiger charge is -2.39. The number of rotatable bonds is 3. The quantitative estimate of drug-likeness (QED) is 0.511. The predicted octanol–water partition coefficient (Wildman–Crippen LogP) is 5.18. The van der Waals surface area contributed by atoms with Crippen LogP contribution in [0, 0.1) is 5.92 Å². The van der Waals surface area contributed by atoms with Gasteiger partial charge in [0.25, 0.3) is 0 Å². The molecule has 2 aliphatic rings. The van der Waals surface area contributed by atoms with Gasteiger partial charge in [-0.25, -0.2) is 9.78 Å². The summed E-state index contributed by atoms with van der Waals surface area (Å²) in [5, 5.41) is 0.648. The number of hydrogen-bond donors (Lipinski definition) is 1. The number of carbonyl (C=O) groups is 2. The zero-order valence-corrected chi connectivity index (χ0v) is 22.4. The van der Waals surface area contributed by atoms with E-state index in [4.69, 9.17) is 21.3 Å². The first-order chi connectivity index (χ1) is 17.7. The number of piperazine rings is 1. The van der Waals surface area contributed by atoms with Gasteiger partial charge in [-0.3, -0.25) is 4.79 Å². The van der Waals surface area contributed by atoms with Crippen molar-refractivity contribution in [3.05, 3.63) is 47.5 Å². The van der Waals surface area contributed by atoms with Gasteiger partial charge >= 0.3 is 6.09 Å². The summed E-state index contributed by atoms with van der Waals surface area (Å²) in [6.45, 7) is 9.57. The van der Waals surface area contributed by atoms with Crippen molar-refractivity contribution in [1.82, 2.24) is 19.8 Å². The summed E-state index contributed by atoms with van der Waals surface area (Å²) >= 11 is 6.55. The predicted molar refractivity (Wildman–Crippen MR) is 146 cm³/mol. The van der Waals surface area contributed by atoms with Crippen molar-refractivity contribution in [3.8, 4) is 11.4 Å². The maximum atomic E-state index is 13.2. The van der Waals surface area contributed by atoms with Crippen molar-refractivity contribution < 1.29 is 14.3 Å². The number of nitrogens with zero attached hydrogens (tertiary/aromatic N) is 4. The molecule has 2 fully saturated rings. The van der Waals surface area contributed by atoms with Gasteiger partial charge < -0.3 is 24.4 Å². The molecule has 2 aromatic carbocycles. The lowest BCUT2D eigenvalue weighted by Crippen LogP contribution is -2.52. The van der Waals surface area contributed by atoms with E-state index in [9.17, 15) is 9.59 Å². The molecule has 0 spiro atoms. The van der Waals surface area contributed by atoms with Crippen LogP contribution in [-0.4, -0.2) is 76.6 Å². The van der Waals surface area contributed by atoms with Crippen molar-refractivity contribution in [2.45, 2.75) is 39.2 Å². The van der Waals surface area contributed by atoms with Crippen LogP contribution in [0.15, 0.2) is 42.5 Å². The Morgan fingerprint density at radius 1 is 0.973 bits per heavy atom. The lowest BCUT2D eigenvalue weighted by atomic mass is 9.95. The molecule has 1 aromatic heterocycles. The number of imidazole rings is 1. The second-order valence-corrected chi connectivity index (χ2v) is 11.2. The van der Waals surface area contributed by atoms with Crippen molar-refractivity contribution in [1.29, 1.82) is 0 Å². The number of piperidine rings is 1. The maximum absolute atomic E-state index is 13.2. The molecule has 0 radical (unpaired) electrons. The van der Waals surface area contributed by atoms with E-state index in [-0.39, 0.29) is 17.9 Å². The van der Waals surface area contributed by atoms with Gasteiger partial charge in [-0.15, -0.1) is 0 Å². The van der Waals surface area contributed by atoms with Crippen LogP contribution in [0.25, 0.3) is 22.4 Å². The highest BCUT2D eigenvalue weighted by Gasteiger charge is 2.33. The van der Waals surface area contributed by atoms with Gasteiger partial charge in [0.2, 0.25) is 5.91 Å². The number of H-pyrrole nitrogens is 1. The number of amides is 2. The lowest BCUT2D eigenvalue weighted by molar-refractivity contribution is -0.137. The third-order valence-corrected chi connectivity index (χ3v) is 7.38. The largest absolute Gasteiger partial charge is 0.444 e. The van der Waals surface area contributed by atoms with E-state index in [1.165, 1.54) is 0 Å². The number of fused-ring (bicyclic) bond motifs is 1. The number of carbonyl (C=O) groups excluding carboxylic acids is 2. The second-order valence-electron chi connectivity index (χ2n) is 10.8. The fourth-order valence-corrected chi connectivity index (χ4v) is 5.26. The van der Waals surface area contributed by atoms with E-state index >= 15 is 0 Å². The highest BCUT2D eigenvalue weighted by atomic mass is 35.5. The molecule has 1 N–H and O–H groups in total. The molecule has 3 heterocycles. The Kier molecular flexibility index (Phi) is 7.03. The molecule has 2 aliphatic heterocycles. The molecule has 2 saturated heterocycles. The van der Waals surface area contributed by atoms with Gasteiger partial charge in [-0.05, 0) is 63.9 Å². The minimum Gasteiger partial charge on any atom is -0.444 e. The number of aromatic amines is 1. The van der Waals surface area contributed by atoms with Crippen LogP contribution in [0.5, 0.6) is 0 Å². The van der Waals surface area contributed by atoms with E-state index in [0.29, 0.717) is 44.0 Å². The molecular formula is C28H34ClN5O3. The molecule has 0 saturated carbocycles. The van der Waals surface area contributed by atoms with Crippen LogP contribution in [0.3, 0.4) is 0 Å². The first-order valence-corrected chi connectivity index (χ1v) is 13.3. The van der Waals surface area contributed by atoms with E-state index in [1.54, 1.807) is 4.90 Å². The SMILES string of the molecule is CC(C)(C)OC(=O)N1CCC(C(=O)N2CCN(c3ccc(Cl)c(-c4nc5ccccc5[nH]4)c3)CC2)CC1. The third-order valence-electron chi connectivity index (χ3n) is 7.05. The van der Waals surface area contributed by atoms with Crippen molar-refractivity contribution in [2.75, 3.05) is 44.2 Å². The minimum atomic E-state index is -0.514. The molecule has 9 heteroatoms. The summed E-state index contributed by atoms with van der Waals surface area (Å²) in [4.78, 5) is 39.6. The van der Waals surface area contributed by atoms with E-state index in [2.05, 4.69) is 16.0 Å². The standard InChI is InChI=1S/C28H34ClN5O3/c1-28(2,3)37-27(36)34-12-10-19(11-13-34)26(35)33-16-14-32(15-17-33)20-8-9-22(29)21(18-20)25-30-23-6-4-5-7-24(23)31-25/h4-9,18-19H,10-17H2,1-3H3,(H,30,31). The Morgan fingerprint density at radius 2 is 1.68 bits per heavy atom. The summed E-state index contributed by atoms with van der Waals surface area (Å²) in [6, 6.07) is 13.9. The number of benzene rings is 2. The average molecular weight is 524 g/mol. The topological polar surface area (TPSA) is 81.8 Å². The molecule has 0 unspecified atom stereocenters. The van der Waals surface area contributed by atoms with Gasteiger partial charge in [0.05, 0.1) is 16.1 Å². The summed E-state index contributed by atoms with van der Waals surface area (Å²) in [5.74, 6) is 0.905. The van der Waals surface area contributed by atoms with Crippen LogP contribution in [0.4, 0.5) is 10.5 Å². The molecule has 196 valence electrons. The van der Waals surface area contributed by atoms with Gasteiger partial charge in [0.1, 0.15) is 11.4 Å². The molecule has 0 atom stereocenters. The van der Waals surface area contributed by atoms with Crippen molar-refractivity contribution >= 4 is 40.3 Å². The Bertz CT molecular complexity index is 1250. The van der Waals surface area contributed by atoms with Crippen LogP contribution in [-0.2, 0) is 9.53 Å². The van der Waals surface area contributed by atoms with Crippen molar-refractivity contribution in [2.24, 2.45) is 5.92 Å². The number of aromatic nitrogens is 2. The number of nitrogens with one attached hydrogen (secondary N) is 1. The Balaban J connectivity index is 1.18. The fourth-order valence-electron chi connectivity index (χ4n) is 5.05. The van der Waals surface area contributed by atoms with E-state index in [1.807, 2.05) is 62.1 Å². The van der Waals surface area contributed by atoms with Crippen LogP contribution in [0.1, 0.15) is 33.6 Å². The Labute approximate surface area is 222 Å². The molecule has 0 aliphatic carbocycles. The first kappa shape index (κ1) is 25.4. The molecule has 3 aromatic rings. The highest BCUT2D eigenvalue weighted by molar-refractivity contribution is 6.33. The summed E-state index contributed by atoms with van der Waals surface area (Å²) in [7, 11) is 0. The minimum absolute atomic E-state index is 0.0412. The third kappa shape index (κ3) is 5.69. The van der Waals surface area contributed by atoms with Crippen LogP contribution >= 0.6 is 11.6 Å². The van der Waals surface area contributed by atoms with E-state index in [0.717, 1.165) is 41.2 Å². The second kappa shape index (κ2) is 10.2. The number of likely N-dealkylation sites (tertiary alicyclic amines) is 1. The highest BCUT2D eigenvalue weighted by Crippen LogP contribution is 2.32. The maximum Gasteiger partial charge on any atom is 0.410 e. The average Bonchev–Trinajstić information content (AvgIpc) is 3.32. The number of halogens is 1. The molecule has 5 rings (SSSR count). The van der Waals surface area contributed by atoms with Gasteiger partial charge in [-0.1, -0.05) is 23.7 Å². The van der Waals surface area contributed by atoms with Gasteiger partial charge in [0, 0.05) is 56.4 Å².